The van der Waals surface area contributed by atoms with Crippen molar-refractivity contribution in [3.05, 3.63) is 0 Å². The van der Waals surface area contributed by atoms with Gasteiger partial charge >= 0.3 is 5.97 Å². The lowest BCUT2D eigenvalue weighted by atomic mass is 9.75. The summed E-state index contributed by atoms with van der Waals surface area (Å²) in [6.45, 7) is 7.48. The first-order valence-electron chi connectivity index (χ1n) is 6.51. The highest BCUT2D eigenvalue weighted by Gasteiger charge is 2.94. The van der Waals surface area contributed by atoms with Gasteiger partial charge in [-0.25, -0.2) is 0 Å². The summed E-state index contributed by atoms with van der Waals surface area (Å²) in [5.41, 5.74) is -2.22. The maximum Gasteiger partial charge on any atom is 0.320 e. The molecule has 0 aromatic rings. The van der Waals surface area contributed by atoms with E-state index >= 15 is 0 Å². The molecule has 0 aliphatic heterocycles. The van der Waals surface area contributed by atoms with Crippen LogP contribution in [0.1, 0.15) is 34.1 Å². The lowest BCUT2D eigenvalue weighted by Crippen LogP contribution is -2.38. The first kappa shape index (κ1) is 11.9. The molecule has 3 saturated carbocycles. The van der Waals surface area contributed by atoms with Crippen LogP contribution in [-0.2, 0) is 19.1 Å². The van der Waals surface area contributed by atoms with Crippen LogP contribution < -0.4 is 0 Å². The van der Waals surface area contributed by atoms with Crippen LogP contribution >= 0.6 is 0 Å². The van der Waals surface area contributed by atoms with Crippen molar-refractivity contribution in [1.82, 2.24) is 0 Å². The molecule has 3 aliphatic rings. The smallest absolute Gasteiger partial charge is 0.320 e. The highest BCUT2D eigenvalue weighted by atomic mass is 16.5. The second-order valence-corrected chi connectivity index (χ2v) is 6.60. The quantitative estimate of drug-likeness (QED) is 0.548. The summed E-state index contributed by atoms with van der Waals surface area (Å²) in [5, 5.41) is 0. The van der Waals surface area contributed by atoms with Crippen LogP contribution in [0.15, 0.2) is 0 Å². The molecule has 4 atom stereocenters. The van der Waals surface area contributed by atoms with Crippen molar-refractivity contribution in [2.75, 3.05) is 6.61 Å². The van der Waals surface area contributed by atoms with Gasteiger partial charge in [0, 0.05) is 29.1 Å². The number of Topliss-reactive ketones (excluding diaryl/α,β-unsaturated/α-hetero) is 2. The molecule has 0 aromatic heterocycles. The first-order chi connectivity index (χ1) is 8.26. The molecule has 0 saturated heterocycles. The zero-order valence-corrected chi connectivity index (χ0v) is 11.2. The van der Waals surface area contributed by atoms with Crippen molar-refractivity contribution in [2.24, 2.45) is 28.1 Å². The molecule has 4 heteroatoms. The Kier molecular flexibility index (Phi) is 1.89. The first-order valence-corrected chi connectivity index (χ1v) is 6.51. The van der Waals surface area contributed by atoms with Gasteiger partial charge in [0.25, 0.3) is 0 Å². The zero-order valence-electron chi connectivity index (χ0n) is 11.2. The van der Waals surface area contributed by atoms with E-state index in [4.69, 9.17) is 4.74 Å². The van der Waals surface area contributed by atoms with Crippen LogP contribution in [0.4, 0.5) is 0 Å². The fraction of sp³-hybridized carbons (Fsp3) is 0.786. The van der Waals surface area contributed by atoms with E-state index in [1.54, 1.807) is 20.8 Å². The summed E-state index contributed by atoms with van der Waals surface area (Å²) in [7, 11) is 0. The molecule has 3 aliphatic carbocycles. The Morgan fingerprint density at radius 2 is 1.94 bits per heavy atom. The topological polar surface area (TPSA) is 60.4 Å². The maximum atomic E-state index is 12.7. The molecule has 4 nitrogen and oxygen atoms in total. The third-order valence-corrected chi connectivity index (χ3v) is 5.51. The summed E-state index contributed by atoms with van der Waals surface area (Å²) < 4.78 is 5.12. The van der Waals surface area contributed by atoms with Gasteiger partial charge in [0.05, 0.1) is 6.61 Å². The molecule has 0 aromatic carbocycles. The molecule has 18 heavy (non-hydrogen) atoms. The van der Waals surface area contributed by atoms with E-state index in [1.807, 2.05) is 6.92 Å². The van der Waals surface area contributed by atoms with Crippen molar-refractivity contribution >= 4 is 17.5 Å². The van der Waals surface area contributed by atoms with Crippen molar-refractivity contribution in [3.63, 3.8) is 0 Å². The normalized spacial score (nSPS) is 47.1. The molecule has 98 valence electrons. The minimum atomic E-state index is -1.02. The molecule has 0 spiro atoms. The third kappa shape index (κ3) is 0.845. The Labute approximate surface area is 106 Å². The molecular weight excluding hydrogens is 232 g/mol. The van der Waals surface area contributed by atoms with Crippen LogP contribution in [0.25, 0.3) is 0 Å². The largest absolute Gasteiger partial charge is 0.465 e. The maximum absolute atomic E-state index is 12.7. The molecule has 3 rings (SSSR count). The molecule has 0 heterocycles. The summed E-state index contributed by atoms with van der Waals surface area (Å²) in [6, 6.07) is 0. The molecule has 0 N–H and O–H groups in total. The second kappa shape index (κ2) is 2.86. The predicted octanol–water partition coefficient (Wildman–Crippen LogP) is 1.37. The number of hydrogen-bond acceptors (Lipinski definition) is 4. The number of carbonyl (C=O) groups is 3. The minimum Gasteiger partial charge on any atom is -0.465 e. The van der Waals surface area contributed by atoms with E-state index in [0.29, 0.717) is 6.42 Å². The van der Waals surface area contributed by atoms with Gasteiger partial charge in [-0.15, -0.1) is 0 Å². The summed E-state index contributed by atoms with van der Waals surface area (Å²) in [6.07, 6.45) is 0.344. The number of carbonyl (C=O) groups excluding carboxylic acids is 3. The Hall–Kier alpha value is -1.19. The summed E-state index contributed by atoms with van der Waals surface area (Å²) >= 11 is 0. The molecule has 0 amide bonds. The monoisotopic (exact) mass is 250 g/mol. The van der Waals surface area contributed by atoms with Crippen LogP contribution in [-0.4, -0.2) is 24.1 Å². The van der Waals surface area contributed by atoms with Crippen molar-refractivity contribution in [2.45, 2.75) is 34.1 Å². The van der Waals surface area contributed by atoms with Gasteiger partial charge in [0.2, 0.25) is 0 Å². The molecule has 3 fully saturated rings. The van der Waals surface area contributed by atoms with Gasteiger partial charge in [-0.05, 0) is 6.92 Å². The number of ketones is 2. The standard InChI is InChI=1S/C14H18O4/c1-5-18-11(17)14-9-8(12(2,3)10(14)16)7(15)6-13(9,14)4/h8-9H,5-6H2,1-4H3/t8?,9-,13+,14+/m1/s1. The van der Waals surface area contributed by atoms with Crippen LogP contribution in [0, 0.1) is 28.1 Å². The van der Waals surface area contributed by atoms with Crippen LogP contribution in [0.5, 0.6) is 0 Å². The molecular formula is C14H18O4. The SMILES string of the molecule is CCOC(=O)[C@]12C(=O)C(C)(C)C3C(=O)C[C@@]1(C)[C@@H]32. The van der Waals surface area contributed by atoms with Gasteiger partial charge in [-0.1, -0.05) is 20.8 Å². The summed E-state index contributed by atoms with van der Waals surface area (Å²) in [4.78, 5) is 37.0. The lowest BCUT2D eigenvalue weighted by molar-refractivity contribution is -0.156. The van der Waals surface area contributed by atoms with Crippen LogP contribution in [0.3, 0.4) is 0 Å². The number of ether oxygens (including phenoxy) is 1. The van der Waals surface area contributed by atoms with E-state index in [9.17, 15) is 14.4 Å². The van der Waals surface area contributed by atoms with Crippen molar-refractivity contribution in [3.8, 4) is 0 Å². The molecule has 1 unspecified atom stereocenters. The van der Waals surface area contributed by atoms with E-state index in [-0.39, 0.29) is 30.0 Å². The Morgan fingerprint density at radius 3 is 2.50 bits per heavy atom. The zero-order chi connectivity index (χ0) is 13.5. The fourth-order valence-electron chi connectivity index (χ4n) is 4.81. The number of hydrogen-bond donors (Lipinski definition) is 0. The highest BCUT2D eigenvalue weighted by molar-refractivity contribution is 6.19. The third-order valence-electron chi connectivity index (χ3n) is 5.51. The van der Waals surface area contributed by atoms with Crippen molar-refractivity contribution in [1.29, 1.82) is 0 Å². The van der Waals surface area contributed by atoms with E-state index in [1.165, 1.54) is 0 Å². The van der Waals surface area contributed by atoms with E-state index in [0.717, 1.165) is 0 Å². The van der Waals surface area contributed by atoms with Crippen molar-refractivity contribution < 1.29 is 19.1 Å². The van der Waals surface area contributed by atoms with E-state index < -0.39 is 22.2 Å². The Bertz CT molecular complexity index is 492. The van der Waals surface area contributed by atoms with Gasteiger partial charge in [-0.3, -0.25) is 14.4 Å². The average Bonchev–Trinajstić information content (AvgIpc) is 2.54. The summed E-state index contributed by atoms with van der Waals surface area (Å²) in [5.74, 6) is -0.779. The van der Waals surface area contributed by atoms with Gasteiger partial charge in [-0.2, -0.15) is 0 Å². The number of rotatable bonds is 2. The molecule has 0 radical (unpaired) electrons. The molecule has 0 bridgehead atoms. The van der Waals surface area contributed by atoms with Gasteiger partial charge in [0.1, 0.15) is 11.2 Å². The fourth-order valence-corrected chi connectivity index (χ4v) is 4.81. The second-order valence-electron chi connectivity index (χ2n) is 6.60. The Balaban J connectivity index is 2.12. The van der Waals surface area contributed by atoms with Crippen LogP contribution in [0.2, 0.25) is 0 Å². The number of esters is 1. The van der Waals surface area contributed by atoms with E-state index in [2.05, 4.69) is 0 Å². The number of fused-ring (bicyclic) bond motifs is 1. The van der Waals surface area contributed by atoms with Gasteiger partial charge < -0.3 is 4.74 Å². The van der Waals surface area contributed by atoms with Gasteiger partial charge in [0.15, 0.2) is 5.78 Å². The minimum absolute atomic E-state index is 0.0863. The lowest BCUT2D eigenvalue weighted by Gasteiger charge is -2.26. The average molecular weight is 250 g/mol. The Morgan fingerprint density at radius 1 is 1.33 bits per heavy atom. The highest BCUT2D eigenvalue weighted by Crippen LogP contribution is 2.85. The predicted molar refractivity (Wildman–Crippen MR) is 62.6 cm³/mol.